The van der Waals surface area contributed by atoms with Crippen molar-refractivity contribution < 1.29 is 0 Å². The first kappa shape index (κ1) is 15.1. The maximum atomic E-state index is 6.13. The van der Waals surface area contributed by atoms with Gasteiger partial charge in [0.05, 0.1) is 5.75 Å². The molecule has 0 saturated heterocycles. The molecule has 2 nitrogen and oxygen atoms in total. The molecule has 0 saturated carbocycles. The van der Waals surface area contributed by atoms with Crippen LogP contribution in [0.5, 0.6) is 0 Å². The molecule has 0 aliphatic rings. The van der Waals surface area contributed by atoms with Crippen LogP contribution in [0.2, 0.25) is 10.3 Å². The van der Waals surface area contributed by atoms with Gasteiger partial charge in [0.25, 0.3) is 0 Å². The number of aromatic nitrogens is 2. The van der Waals surface area contributed by atoms with Crippen LogP contribution < -0.4 is 0 Å². The van der Waals surface area contributed by atoms with Gasteiger partial charge in [-0.05, 0) is 12.3 Å². The van der Waals surface area contributed by atoms with Crippen LogP contribution in [0.4, 0.5) is 0 Å². The lowest BCUT2D eigenvalue weighted by Crippen LogP contribution is -2.03. The van der Waals surface area contributed by atoms with E-state index < -0.39 is 0 Å². The summed E-state index contributed by atoms with van der Waals surface area (Å²) in [6.45, 7) is 8.42. The third kappa shape index (κ3) is 4.31. The molecule has 0 bridgehead atoms. The number of thioether (sulfide) groups is 1. The van der Waals surface area contributed by atoms with Gasteiger partial charge in [-0.25, -0.2) is 9.97 Å². The fourth-order valence-corrected chi connectivity index (χ4v) is 2.99. The smallest absolute Gasteiger partial charge is 0.141 e. The topological polar surface area (TPSA) is 25.8 Å². The molecule has 1 aromatic heterocycles. The van der Waals surface area contributed by atoms with Gasteiger partial charge in [0.2, 0.25) is 0 Å². The molecule has 1 heterocycles. The first-order valence-corrected chi connectivity index (χ1v) is 7.59. The number of halogens is 2. The molecule has 0 fully saturated rings. The molecule has 1 atom stereocenters. The molecule has 1 aromatic rings. The zero-order valence-corrected chi connectivity index (χ0v) is 13.0. The third-order valence-electron chi connectivity index (χ3n) is 2.55. The molecular weight excluding hydrogens is 275 g/mol. The molecule has 96 valence electrons. The van der Waals surface area contributed by atoms with Gasteiger partial charge in [0, 0.05) is 10.8 Å². The molecule has 17 heavy (non-hydrogen) atoms. The van der Waals surface area contributed by atoms with E-state index in [0.717, 1.165) is 23.6 Å². The Bertz CT molecular complexity index is 360. The lowest BCUT2D eigenvalue weighted by atomic mass is 10.1. The monoisotopic (exact) mass is 292 g/mol. The number of nitrogens with zero attached hydrogens (tertiary/aromatic N) is 2. The number of rotatable bonds is 5. The van der Waals surface area contributed by atoms with Gasteiger partial charge in [-0.3, -0.25) is 0 Å². The molecule has 0 aliphatic heterocycles. The second-order valence-electron chi connectivity index (χ2n) is 4.32. The molecule has 5 heteroatoms. The summed E-state index contributed by atoms with van der Waals surface area (Å²) in [7, 11) is 0. The highest BCUT2D eigenvalue weighted by Crippen LogP contribution is 2.29. The van der Waals surface area contributed by atoms with Crippen molar-refractivity contribution in [3.63, 3.8) is 0 Å². The minimum Gasteiger partial charge on any atom is -0.220 e. The Kier molecular flexibility index (Phi) is 6.04. The van der Waals surface area contributed by atoms with Gasteiger partial charge < -0.3 is 0 Å². The van der Waals surface area contributed by atoms with Crippen molar-refractivity contribution in [3.05, 3.63) is 21.7 Å². The maximum absolute atomic E-state index is 6.13. The summed E-state index contributed by atoms with van der Waals surface area (Å²) in [5, 5.41) is 1.57. The standard InChI is InChI=1S/C12H18Cl2N2S/c1-5-8(4)17-6-9-15-11(13)10(7(2)3)12(14)16-9/h7-8H,5-6H2,1-4H3. The minimum atomic E-state index is 0.242. The largest absolute Gasteiger partial charge is 0.220 e. The van der Waals surface area contributed by atoms with Crippen LogP contribution in [-0.2, 0) is 5.75 Å². The summed E-state index contributed by atoms with van der Waals surface area (Å²) < 4.78 is 0. The van der Waals surface area contributed by atoms with E-state index in [4.69, 9.17) is 23.2 Å². The van der Waals surface area contributed by atoms with E-state index in [1.54, 1.807) is 0 Å². The van der Waals surface area contributed by atoms with Crippen LogP contribution in [0, 0.1) is 0 Å². The van der Waals surface area contributed by atoms with Crippen molar-refractivity contribution in [2.24, 2.45) is 0 Å². The van der Waals surface area contributed by atoms with Crippen molar-refractivity contribution in [1.29, 1.82) is 0 Å². The van der Waals surface area contributed by atoms with Gasteiger partial charge in [0.1, 0.15) is 16.1 Å². The Labute approximate surface area is 118 Å². The van der Waals surface area contributed by atoms with Gasteiger partial charge in [-0.1, -0.05) is 50.9 Å². The quantitative estimate of drug-likeness (QED) is 0.719. The predicted molar refractivity (Wildman–Crippen MR) is 77.2 cm³/mol. The summed E-state index contributed by atoms with van der Waals surface area (Å²) in [5.74, 6) is 1.72. The normalized spacial score (nSPS) is 13.1. The van der Waals surface area contributed by atoms with Crippen LogP contribution in [0.1, 0.15) is 51.4 Å². The van der Waals surface area contributed by atoms with Crippen molar-refractivity contribution in [2.45, 2.75) is 51.0 Å². The summed E-state index contributed by atoms with van der Waals surface area (Å²) >= 11 is 14.1. The van der Waals surface area contributed by atoms with Crippen LogP contribution in [-0.4, -0.2) is 15.2 Å². The molecule has 0 radical (unpaired) electrons. The Morgan fingerprint density at radius 3 is 2.06 bits per heavy atom. The summed E-state index contributed by atoms with van der Waals surface area (Å²) in [4.78, 5) is 8.62. The highest BCUT2D eigenvalue weighted by molar-refractivity contribution is 7.99. The molecule has 0 N–H and O–H groups in total. The Hall–Kier alpha value is 0.01000. The first-order valence-electron chi connectivity index (χ1n) is 5.79. The van der Waals surface area contributed by atoms with E-state index in [0.29, 0.717) is 15.6 Å². The Morgan fingerprint density at radius 2 is 1.65 bits per heavy atom. The van der Waals surface area contributed by atoms with Gasteiger partial charge in [-0.15, -0.1) is 0 Å². The first-order chi connectivity index (χ1) is 7.95. The average Bonchev–Trinajstić information content (AvgIpc) is 2.24. The molecule has 1 rings (SSSR count). The van der Waals surface area contributed by atoms with Gasteiger partial charge in [-0.2, -0.15) is 11.8 Å². The van der Waals surface area contributed by atoms with Gasteiger partial charge >= 0.3 is 0 Å². The van der Waals surface area contributed by atoms with Crippen molar-refractivity contribution >= 4 is 35.0 Å². The molecule has 1 unspecified atom stereocenters. The lowest BCUT2D eigenvalue weighted by molar-refractivity contribution is 0.836. The lowest BCUT2D eigenvalue weighted by Gasteiger charge is -2.12. The minimum absolute atomic E-state index is 0.242. The second-order valence-corrected chi connectivity index (χ2v) is 6.46. The van der Waals surface area contributed by atoms with Crippen LogP contribution in [0.15, 0.2) is 0 Å². The fraction of sp³-hybridized carbons (Fsp3) is 0.667. The third-order valence-corrected chi connectivity index (χ3v) is 4.45. The van der Waals surface area contributed by atoms with Crippen LogP contribution >= 0.6 is 35.0 Å². The van der Waals surface area contributed by atoms with E-state index in [9.17, 15) is 0 Å². The van der Waals surface area contributed by atoms with Crippen molar-refractivity contribution in [2.75, 3.05) is 0 Å². The fourth-order valence-electron chi connectivity index (χ4n) is 1.33. The van der Waals surface area contributed by atoms with Crippen LogP contribution in [0.25, 0.3) is 0 Å². The van der Waals surface area contributed by atoms with E-state index in [2.05, 4.69) is 23.8 Å². The van der Waals surface area contributed by atoms with Gasteiger partial charge in [0.15, 0.2) is 0 Å². The Morgan fingerprint density at radius 1 is 1.12 bits per heavy atom. The molecule has 0 aromatic carbocycles. The molecule has 0 amide bonds. The van der Waals surface area contributed by atoms with E-state index >= 15 is 0 Å². The summed E-state index contributed by atoms with van der Waals surface area (Å²) in [5.41, 5.74) is 0.839. The molecular formula is C12H18Cl2N2S. The molecule has 0 aliphatic carbocycles. The predicted octanol–water partition coefficient (Wildman–Crippen LogP) is 4.94. The second kappa shape index (κ2) is 6.81. The van der Waals surface area contributed by atoms with E-state index in [1.165, 1.54) is 0 Å². The highest BCUT2D eigenvalue weighted by Gasteiger charge is 2.15. The molecule has 0 spiro atoms. The van der Waals surface area contributed by atoms with Crippen molar-refractivity contribution in [3.8, 4) is 0 Å². The summed E-state index contributed by atoms with van der Waals surface area (Å²) in [6.07, 6.45) is 1.14. The summed E-state index contributed by atoms with van der Waals surface area (Å²) in [6, 6.07) is 0. The maximum Gasteiger partial charge on any atom is 0.141 e. The Balaban J connectivity index is 2.83. The SMILES string of the molecule is CCC(C)SCc1nc(Cl)c(C(C)C)c(Cl)n1. The van der Waals surface area contributed by atoms with Crippen molar-refractivity contribution in [1.82, 2.24) is 9.97 Å². The van der Waals surface area contributed by atoms with Crippen LogP contribution in [0.3, 0.4) is 0 Å². The zero-order valence-electron chi connectivity index (χ0n) is 10.6. The number of hydrogen-bond acceptors (Lipinski definition) is 3. The van der Waals surface area contributed by atoms with E-state index in [1.807, 2.05) is 25.6 Å². The zero-order chi connectivity index (χ0) is 13.0. The number of hydrogen-bond donors (Lipinski definition) is 0. The average molecular weight is 293 g/mol. The highest BCUT2D eigenvalue weighted by atomic mass is 35.5. The van der Waals surface area contributed by atoms with E-state index in [-0.39, 0.29) is 5.92 Å².